The molecule has 1 heterocycles. The lowest BCUT2D eigenvalue weighted by Crippen LogP contribution is -2.36. The van der Waals surface area contributed by atoms with E-state index in [4.69, 9.17) is 25.8 Å². The first-order chi connectivity index (χ1) is 17.4. The van der Waals surface area contributed by atoms with E-state index in [1.165, 1.54) is 6.33 Å². The van der Waals surface area contributed by atoms with Crippen molar-refractivity contribution in [3.05, 3.63) is 66.0 Å². The number of nitrogen functional groups attached to an aromatic ring is 1. The summed E-state index contributed by atoms with van der Waals surface area (Å²) in [4.78, 5) is 14.6. The van der Waals surface area contributed by atoms with Crippen LogP contribution in [0.2, 0.25) is 0 Å². The molecule has 1 aromatic heterocycles. The Labute approximate surface area is 211 Å². The summed E-state index contributed by atoms with van der Waals surface area (Å²) in [5.41, 5.74) is 16.1. The highest BCUT2D eigenvalue weighted by Crippen LogP contribution is 2.45. The number of fused-ring (bicyclic) bond motifs is 3. The Bertz CT molecular complexity index is 1240. The van der Waals surface area contributed by atoms with Crippen LogP contribution in [0.3, 0.4) is 0 Å². The summed E-state index contributed by atoms with van der Waals surface area (Å²) >= 11 is 0. The number of hydrogen-bond acceptors (Lipinski definition) is 8. The molecule has 0 unspecified atom stereocenters. The van der Waals surface area contributed by atoms with Crippen molar-refractivity contribution in [2.75, 3.05) is 18.9 Å². The van der Waals surface area contributed by atoms with Crippen LogP contribution in [0.4, 0.5) is 5.82 Å². The van der Waals surface area contributed by atoms with Gasteiger partial charge < -0.3 is 25.8 Å². The number of rotatable bonds is 7. The standard InChI is InChI=1S/C28H33N5O3/c1-28(2)24-25(31-17-32-27(24)30)22-13-12-21(36-20-10-8-18(29)9-11-20)16-23(22)26(28)33-35-15-14-34-19-6-4-3-5-7-19/h3-7,12-13,16-18,20H,8-11,14-15,29H2,1-2H3,(H2,30,31,32)/b33-26+. The van der Waals surface area contributed by atoms with Gasteiger partial charge in [-0.25, -0.2) is 9.97 Å². The van der Waals surface area contributed by atoms with Gasteiger partial charge in [-0.1, -0.05) is 23.4 Å². The number of para-hydroxylation sites is 1. The predicted molar refractivity (Wildman–Crippen MR) is 140 cm³/mol. The van der Waals surface area contributed by atoms with Crippen molar-refractivity contribution in [3.8, 4) is 22.8 Å². The van der Waals surface area contributed by atoms with E-state index in [1.807, 2.05) is 48.5 Å². The number of oxime groups is 1. The van der Waals surface area contributed by atoms with Crippen LogP contribution in [0.5, 0.6) is 11.5 Å². The van der Waals surface area contributed by atoms with Crippen molar-refractivity contribution >= 4 is 11.5 Å². The summed E-state index contributed by atoms with van der Waals surface area (Å²) in [7, 11) is 0. The second kappa shape index (κ2) is 10.1. The van der Waals surface area contributed by atoms with Gasteiger partial charge in [0.15, 0.2) is 6.61 Å². The molecule has 2 aromatic carbocycles. The van der Waals surface area contributed by atoms with E-state index < -0.39 is 5.41 Å². The molecule has 4 N–H and O–H groups in total. The van der Waals surface area contributed by atoms with E-state index in [0.717, 1.165) is 65.3 Å². The highest BCUT2D eigenvalue weighted by molar-refractivity contribution is 6.15. The fraction of sp³-hybridized carbons (Fsp3) is 0.393. The predicted octanol–water partition coefficient (Wildman–Crippen LogP) is 4.47. The lowest BCUT2D eigenvalue weighted by Gasteiger charge is -2.35. The van der Waals surface area contributed by atoms with E-state index in [1.54, 1.807) is 0 Å². The van der Waals surface area contributed by atoms with Crippen LogP contribution < -0.4 is 20.9 Å². The van der Waals surface area contributed by atoms with Gasteiger partial charge in [-0.15, -0.1) is 0 Å². The number of nitrogens with two attached hydrogens (primary N) is 2. The van der Waals surface area contributed by atoms with Crippen LogP contribution in [0, 0.1) is 0 Å². The SMILES string of the molecule is CC1(C)/C(=N/OCCOc2ccccc2)c2cc(OC3CCC(N)CC3)ccc2-c2ncnc(N)c21. The molecule has 0 radical (unpaired) electrons. The van der Waals surface area contributed by atoms with Crippen molar-refractivity contribution in [3.63, 3.8) is 0 Å². The maximum atomic E-state index is 6.36. The van der Waals surface area contributed by atoms with Gasteiger partial charge >= 0.3 is 0 Å². The lowest BCUT2D eigenvalue weighted by molar-refractivity contribution is 0.106. The molecule has 1 saturated carbocycles. The van der Waals surface area contributed by atoms with Crippen LogP contribution in [0.1, 0.15) is 50.7 Å². The van der Waals surface area contributed by atoms with Crippen LogP contribution in [-0.2, 0) is 10.3 Å². The van der Waals surface area contributed by atoms with Crippen LogP contribution in [0.25, 0.3) is 11.3 Å². The molecule has 0 saturated heterocycles. The van der Waals surface area contributed by atoms with Crippen LogP contribution >= 0.6 is 0 Å². The second-order valence-electron chi connectivity index (χ2n) is 9.90. The molecule has 0 amide bonds. The molecule has 0 atom stereocenters. The first-order valence-electron chi connectivity index (χ1n) is 12.5. The second-order valence-corrected chi connectivity index (χ2v) is 9.90. The Morgan fingerprint density at radius 2 is 1.72 bits per heavy atom. The quantitative estimate of drug-likeness (QED) is 0.373. The van der Waals surface area contributed by atoms with Crippen molar-refractivity contribution in [2.24, 2.45) is 10.9 Å². The van der Waals surface area contributed by atoms with Crippen molar-refractivity contribution in [1.29, 1.82) is 0 Å². The van der Waals surface area contributed by atoms with Gasteiger partial charge in [0.25, 0.3) is 0 Å². The fourth-order valence-corrected chi connectivity index (χ4v) is 5.06. The largest absolute Gasteiger partial charge is 0.490 e. The number of benzene rings is 2. The minimum atomic E-state index is -0.579. The van der Waals surface area contributed by atoms with E-state index in [-0.39, 0.29) is 12.1 Å². The number of nitrogens with zero attached hydrogens (tertiary/aromatic N) is 3. The topological polar surface area (TPSA) is 118 Å². The maximum Gasteiger partial charge on any atom is 0.151 e. The Balaban J connectivity index is 1.42. The zero-order chi connectivity index (χ0) is 25.1. The molecule has 8 nitrogen and oxygen atoms in total. The van der Waals surface area contributed by atoms with E-state index in [0.29, 0.717) is 19.0 Å². The van der Waals surface area contributed by atoms with Crippen molar-refractivity contribution in [2.45, 2.75) is 57.1 Å². The third kappa shape index (κ3) is 4.86. The summed E-state index contributed by atoms with van der Waals surface area (Å²) in [6.45, 7) is 4.80. The Kier molecular flexibility index (Phi) is 6.78. The number of ether oxygens (including phenoxy) is 2. The normalized spacial score (nSPS) is 21.4. The molecule has 188 valence electrons. The molecule has 8 heteroatoms. The smallest absolute Gasteiger partial charge is 0.151 e. The molecule has 5 rings (SSSR count). The van der Waals surface area contributed by atoms with Gasteiger partial charge in [0.05, 0.1) is 17.5 Å². The van der Waals surface area contributed by atoms with Crippen LogP contribution in [-0.4, -0.2) is 41.0 Å². The zero-order valence-electron chi connectivity index (χ0n) is 20.8. The number of aromatic nitrogens is 2. The average Bonchev–Trinajstić information content (AvgIpc) is 2.87. The summed E-state index contributed by atoms with van der Waals surface area (Å²) in [6.07, 6.45) is 5.55. The Morgan fingerprint density at radius 1 is 0.944 bits per heavy atom. The van der Waals surface area contributed by atoms with Gasteiger partial charge in [0, 0.05) is 28.1 Å². The van der Waals surface area contributed by atoms with Crippen LogP contribution in [0.15, 0.2) is 60.0 Å². The molecule has 36 heavy (non-hydrogen) atoms. The van der Waals surface area contributed by atoms with Crippen molar-refractivity contribution < 1.29 is 14.3 Å². The number of anilines is 1. The van der Waals surface area contributed by atoms with Gasteiger partial charge in [0.1, 0.15) is 30.3 Å². The molecular formula is C28H33N5O3. The zero-order valence-corrected chi connectivity index (χ0v) is 20.8. The molecule has 0 aliphatic heterocycles. The molecule has 2 aliphatic rings. The van der Waals surface area contributed by atoms with E-state index >= 15 is 0 Å². The highest BCUT2D eigenvalue weighted by atomic mass is 16.6. The number of hydrogen-bond donors (Lipinski definition) is 2. The molecule has 0 bridgehead atoms. The lowest BCUT2D eigenvalue weighted by atomic mass is 9.70. The minimum Gasteiger partial charge on any atom is -0.490 e. The summed E-state index contributed by atoms with van der Waals surface area (Å²) in [5.74, 6) is 2.03. The van der Waals surface area contributed by atoms with E-state index in [2.05, 4.69) is 29.0 Å². The molecule has 2 aliphatic carbocycles. The van der Waals surface area contributed by atoms with E-state index in [9.17, 15) is 0 Å². The molecule has 0 spiro atoms. The van der Waals surface area contributed by atoms with Gasteiger partial charge in [-0.05, 0) is 69.9 Å². The summed E-state index contributed by atoms with van der Waals surface area (Å²) < 4.78 is 12.1. The first kappa shape index (κ1) is 24.1. The maximum absolute atomic E-state index is 6.36. The van der Waals surface area contributed by atoms with Gasteiger partial charge in [-0.3, -0.25) is 0 Å². The average molecular weight is 488 g/mol. The molecule has 1 fully saturated rings. The van der Waals surface area contributed by atoms with Gasteiger partial charge in [0.2, 0.25) is 0 Å². The summed E-state index contributed by atoms with van der Waals surface area (Å²) in [6, 6.07) is 16.0. The van der Waals surface area contributed by atoms with Gasteiger partial charge in [-0.2, -0.15) is 0 Å². The molecular weight excluding hydrogens is 454 g/mol. The molecule has 3 aromatic rings. The fourth-order valence-electron chi connectivity index (χ4n) is 5.06. The minimum absolute atomic E-state index is 0.163. The third-order valence-corrected chi connectivity index (χ3v) is 6.96. The highest BCUT2D eigenvalue weighted by Gasteiger charge is 2.41. The first-order valence-corrected chi connectivity index (χ1v) is 12.5. The third-order valence-electron chi connectivity index (χ3n) is 6.96. The monoisotopic (exact) mass is 487 g/mol. The Hall–Kier alpha value is -3.65. The van der Waals surface area contributed by atoms with Crippen molar-refractivity contribution in [1.82, 2.24) is 9.97 Å². The summed E-state index contributed by atoms with van der Waals surface area (Å²) in [5, 5.41) is 4.60. The Morgan fingerprint density at radius 3 is 2.50 bits per heavy atom.